The number of nitriles is 1. The van der Waals surface area contributed by atoms with E-state index in [2.05, 4.69) is 11.2 Å². The highest BCUT2D eigenvalue weighted by molar-refractivity contribution is 6.03. The van der Waals surface area contributed by atoms with Gasteiger partial charge in [0.25, 0.3) is 5.56 Å². The molecule has 190 valence electrons. The van der Waals surface area contributed by atoms with E-state index >= 15 is 0 Å². The number of oxime groups is 1. The molecule has 0 saturated heterocycles. The predicted molar refractivity (Wildman–Crippen MR) is 139 cm³/mol. The van der Waals surface area contributed by atoms with Gasteiger partial charge in [0.2, 0.25) is 0 Å². The van der Waals surface area contributed by atoms with E-state index in [1.54, 1.807) is 30.3 Å². The largest absolute Gasteiger partial charge is 0.481 e. The van der Waals surface area contributed by atoms with Crippen molar-refractivity contribution in [2.24, 2.45) is 5.16 Å². The van der Waals surface area contributed by atoms with Crippen molar-refractivity contribution in [1.29, 1.82) is 5.26 Å². The van der Waals surface area contributed by atoms with Crippen LogP contribution in [0.2, 0.25) is 0 Å². The first-order chi connectivity index (χ1) is 18.4. The number of fused-ring (bicyclic) bond motifs is 1. The number of halogens is 1. The molecule has 1 atom stereocenters. The van der Waals surface area contributed by atoms with E-state index in [9.17, 15) is 14.0 Å². The highest BCUT2D eigenvalue weighted by Crippen LogP contribution is 2.30. The Bertz CT molecular complexity index is 1640. The molecule has 1 N–H and O–H groups in total. The summed E-state index contributed by atoms with van der Waals surface area (Å²) in [6.45, 7) is 0. The van der Waals surface area contributed by atoms with Gasteiger partial charge in [-0.05, 0) is 66.9 Å². The molecule has 9 heteroatoms. The molecule has 1 aliphatic heterocycles. The summed E-state index contributed by atoms with van der Waals surface area (Å²) < 4.78 is 15.0. The Morgan fingerprint density at radius 3 is 2.58 bits per heavy atom. The maximum Gasteiger partial charge on any atom is 0.303 e. The van der Waals surface area contributed by atoms with Crippen LogP contribution in [0.25, 0.3) is 16.6 Å². The molecule has 5 rings (SSSR count). The van der Waals surface area contributed by atoms with Crippen LogP contribution >= 0.6 is 0 Å². The SMILES string of the molecule is N#Cc1ccc(C2CC(c3ccc4c(=O)n(-c5ccc(F)cc5)c(CCCCC(=O)O)nc4c3)=NO2)cc1. The number of carboxylic acids is 1. The van der Waals surface area contributed by atoms with Gasteiger partial charge in [-0.3, -0.25) is 14.2 Å². The summed E-state index contributed by atoms with van der Waals surface area (Å²) in [6.07, 6.45) is 1.61. The fourth-order valence-electron chi connectivity index (χ4n) is 4.49. The number of unbranched alkanes of at least 4 members (excludes halogenated alkanes) is 1. The number of carboxylic acid groups (broad SMARTS) is 1. The van der Waals surface area contributed by atoms with Crippen LogP contribution in [0.3, 0.4) is 0 Å². The monoisotopic (exact) mass is 510 g/mol. The molecule has 0 amide bonds. The number of aryl methyl sites for hydroxylation is 1. The minimum atomic E-state index is -0.879. The minimum Gasteiger partial charge on any atom is -0.481 e. The Morgan fingerprint density at radius 2 is 1.87 bits per heavy atom. The average molecular weight is 511 g/mol. The lowest BCUT2D eigenvalue weighted by Crippen LogP contribution is -2.24. The highest BCUT2D eigenvalue weighted by Gasteiger charge is 2.24. The van der Waals surface area contributed by atoms with Gasteiger partial charge >= 0.3 is 5.97 Å². The van der Waals surface area contributed by atoms with Crippen LogP contribution in [0.4, 0.5) is 4.39 Å². The van der Waals surface area contributed by atoms with Crippen molar-refractivity contribution >= 4 is 22.6 Å². The Labute approximate surface area is 217 Å². The summed E-state index contributed by atoms with van der Waals surface area (Å²) in [5.41, 5.74) is 3.66. The number of hydrogen-bond acceptors (Lipinski definition) is 6. The fraction of sp³-hybridized carbons (Fsp3) is 0.207. The van der Waals surface area contributed by atoms with Crippen molar-refractivity contribution in [1.82, 2.24) is 9.55 Å². The molecule has 0 bridgehead atoms. The molecule has 4 aromatic rings. The first-order valence-corrected chi connectivity index (χ1v) is 12.2. The van der Waals surface area contributed by atoms with Gasteiger partial charge in [0, 0.05) is 24.8 Å². The zero-order chi connectivity index (χ0) is 26.6. The maximum atomic E-state index is 13.6. The van der Waals surface area contributed by atoms with E-state index in [1.807, 2.05) is 12.1 Å². The Hall–Kier alpha value is -4.84. The molecule has 0 spiro atoms. The third kappa shape index (κ3) is 5.15. The maximum absolute atomic E-state index is 13.6. The molecule has 0 radical (unpaired) electrons. The van der Waals surface area contributed by atoms with Crippen LogP contribution in [0.15, 0.2) is 76.7 Å². The van der Waals surface area contributed by atoms with Crippen molar-refractivity contribution in [2.45, 2.75) is 38.2 Å². The van der Waals surface area contributed by atoms with Crippen LogP contribution in [-0.2, 0) is 16.1 Å². The minimum absolute atomic E-state index is 0.0265. The lowest BCUT2D eigenvalue weighted by atomic mass is 9.99. The summed E-state index contributed by atoms with van der Waals surface area (Å²) in [6, 6.07) is 20.2. The van der Waals surface area contributed by atoms with Gasteiger partial charge in [-0.2, -0.15) is 5.26 Å². The summed E-state index contributed by atoms with van der Waals surface area (Å²) in [5, 5.41) is 22.6. The molecule has 3 aromatic carbocycles. The van der Waals surface area contributed by atoms with Crippen molar-refractivity contribution in [3.05, 3.63) is 105 Å². The van der Waals surface area contributed by atoms with E-state index in [4.69, 9.17) is 20.2 Å². The van der Waals surface area contributed by atoms with Gasteiger partial charge in [0.05, 0.1) is 33.9 Å². The lowest BCUT2D eigenvalue weighted by Gasteiger charge is -2.14. The van der Waals surface area contributed by atoms with Crippen molar-refractivity contribution in [3.8, 4) is 11.8 Å². The molecular weight excluding hydrogens is 487 g/mol. The standard InChI is InChI=1S/C29H23FN4O4/c30-21-10-12-22(13-11-21)34-27(3-1-2-4-28(35)36)32-25-15-20(9-14-23(25)29(34)37)24-16-26(38-33-24)19-7-5-18(17-31)6-8-19/h5-15,26H,1-4,16H2,(H,35,36). The molecule has 0 aliphatic carbocycles. The summed E-state index contributed by atoms with van der Waals surface area (Å²) >= 11 is 0. The van der Waals surface area contributed by atoms with Crippen LogP contribution in [-0.4, -0.2) is 26.3 Å². The van der Waals surface area contributed by atoms with Gasteiger partial charge in [0.15, 0.2) is 6.10 Å². The molecule has 1 aliphatic rings. The molecule has 8 nitrogen and oxygen atoms in total. The van der Waals surface area contributed by atoms with Gasteiger partial charge in [-0.1, -0.05) is 23.4 Å². The molecule has 2 heterocycles. The topological polar surface area (TPSA) is 118 Å². The fourth-order valence-corrected chi connectivity index (χ4v) is 4.49. The van der Waals surface area contributed by atoms with E-state index in [0.717, 1.165) is 11.1 Å². The van der Waals surface area contributed by atoms with Crippen molar-refractivity contribution in [3.63, 3.8) is 0 Å². The number of nitrogens with zero attached hydrogens (tertiary/aromatic N) is 4. The first-order valence-electron chi connectivity index (χ1n) is 12.2. The quantitative estimate of drug-likeness (QED) is 0.331. The second-order valence-corrected chi connectivity index (χ2v) is 9.05. The lowest BCUT2D eigenvalue weighted by molar-refractivity contribution is -0.137. The van der Waals surface area contributed by atoms with Crippen LogP contribution < -0.4 is 5.56 Å². The molecule has 0 fully saturated rings. The normalized spacial score (nSPS) is 14.6. The van der Waals surface area contributed by atoms with E-state index in [1.165, 1.54) is 28.8 Å². The van der Waals surface area contributed by atoms with E-state index in [-0.39, 0.29) is 18.1 Å². The Kier molecular flexibility index (Phi) is 6.96. The highest BCUT2D eigenvalue weighted by atomic mass is 19.1. The second kappa shape index (κ2) is 10.6. The van der Waals surface area contributed by atoms with E-state index < -0.39 is 11.8 Å². The number of benzene rings is 3. The van der Waals surface area contributed by atoms with Gasteiger partial charge in [-0.15, -0.1) is 0 Å². The number of hydrogen-bond donors (Lipinski definition) is 1. The number of aromatic nitrogens is 2. The Balaban J connectivity index is 1.47. The van der Waals surface area contributed by atoms with Crippen molar-refractivity contribution in [2.75, 3.05) is 0 Å². The van der Waals surface area contributed by atoms with Gasteiger partial charge in [-0.25, -0.2) is 9.37 Å². The van der Waals surface area contributed by atoms with E-state index in [0.29, 0.717) is 59.4 Å². The summed E-state index contributed by atoms with van der Waals surface area (Å²) in [4.78, 5) is 34.9. The third-order valence-corrected chi connectivity index (χ3v) is 6.48. The van der Waals surface area contributed by atoms with Crippen LogP contribution in [0.1, 0.15) is 54.3 Å². The predicted octanol–water partition coefficient (Wildman–Crippen LogP) is 5.06. The zero-order valence-electron chi connectivity index (χ0n) is 20.3. The van der Waals surface area contributed by atoms with Gasteiger partial charge in [0.1, 0.15) is 11.6 Å². The Morgan fingerprint density at radius 1 is 1.11 bits per heavy atom. The second-order valence-electron chi connectivity index (χ2n) is 9.05. The van der Waals surface area contributed by atoms with Crippen LogP contribution in [0, 0.1) is 17.1 Å². The molecule has 0 saturated carbocycles. The van der Waals surface area contributed by atoms with Crippen LogP contribution in [0.5, 0.6) is 0 Å². The zero-order valence-corrected chi connectivity index (χ0v) is 20.3. The average Bonchev–Trinajstić information content (AvgIpc) is 3.42. The summed E-state index contributed by atoms with van der Waals surface area (Å²) in [7, 11) is 0. The molecular formula is C29H23FN4O4. The number of carbonyl (C=O) groups is 1. The first kappa shape index (κ1) is 24.8. The van der Waals surface area contributed by atoms with Crippen molar-refractivity contribution < 1.29 is 19.1 Å². The molecule has 1 aromatic heterocycles. The molecule has 38 heavy (non-hydrogen) atoms. The molecule has 1 unspecified atom stereocenters. The number of rotatable bonds is 8. The third-order valence-electron chi connectivity index (χ3n) is 6.48. The van der Waals surface area contributed by atoms with Gasteiger partial charge < -0.3 is 9.94 Å². The number of aliphatic carboxylic acids is 1. The summed E-state index contributed by atoms with van der Waals surface area (Å²) in [5.74, 6) is -0.824. The smallest absolute Gasteiger partial charge is 0.303 e.